The lowest BCUT2D eigenvalue weighted by molar-refractivity contribution is -0.121. The second-order valence-corrected chi connectivity index (χ2v) is 6.14. The Hall–Kier alpha value is -1.39. The normalized spacial score (nSPS) is 12.2. The van der Waals surface area contributed by atoms with Gasteiger partial charge in [0.2, 0.25) is 5.91 Å². The topological polar surface area (TPSA) is 42.0 Å². The minimum Gasteiger partial charge on any atom is -0.348 e. The molecular formula is C15H17ClN2OS. The van der Waals surface area contributed by atoms with Crippen molar-refractivity contribution < 1.29 is 4.79 Å². The maximum absolute atomic E-state index is 11.9. The summed E-state index contributed by atoms with van der Waals surface area (Å²) in [4.78, 5) is 16.3. The number of nitrogens with one attached hydrogen (secondary N) is 1. The van der Waals surface area contributed by atoms with Crippen LogP contribution < -0.4 is 5.32 Å². The third kappa shape index (κ3) is 4.05. The van der Waals surface area contributed by atoms with Gasteiger partial charge >= 0.3 is 0 Å². The number of halogens is 1. The molecule has 3 nitrogen and oxygen atoms in total. The molecule has 1 heterocycles. The highest BCUT2D eigenvalue weighted by Crippen LogP contribution is 2.18. The largest absolute Gasteiger partial charge is 0.348 e. The molecule has 0 saturated heterocycles. The van der Waals surface area contributed by atoms with Crippen LogP contribution >= 0.6 is 22.9 Å². The van der Waals surface area contributed by atoms with Gasteiger partial charge in [0.05, 0.1) is 16.7 Å². The Morgan fingerprint density at radius 3 is 2.85 bits per heavy atom. The van der Waals surface area contributed by atoms with Crippen molar-refractivity contribution in [2.75, 3.05) is 0 Å². The van der Waals surface area contributed by atoms with Crippen LogP contribution in [0.2, 0.25) is 5.02 Å². The predicted octanol–water partition coefficient (Wildman–Crippen LogP) is 3.91. The molecule has 2 aromatic rings. The van der Waals surface area contributed by atoms with Gasteiger partial charge in [-0.1, -0.05) is 29.8 Å². The number of amides is 1. The van der Waals surface area contributed by atoms with Crippen LogP contribution in [-0.2, 0) is 11.2 Å². The van der Waals surface area contributed by atoms with Crippen LogP contribution in [-0.4, -0.2) is 10.9 Å². The quantitative estimate of drug-likeness (QED) is 0.909. The van der Waals surface area contributed by atoms with Crippen LogP contribution in [0.3, 0.4) is 0 Å². The molecule has 0 saturated carbocycles. The number of aryl methyl sites for hydroxylation is 2. The molecule has 0 aliphatic heterocycles. The monoisotopic (exact) mass is 308 g/mol. The smallest absolute Gasteiger partial charge is 0.220 e. The Kier molecular flexibility index (Phi) is 5.15. The molecule has 1 atom stereocenters. The van der Waals surface area contributed by atoms with Crippen LogP contribution in [0.25, 0.3) is 0 Å². The molecule has 0 fully saturated rings. The first-order valence-electron chi connectivity index (χ1n) is 6.51. The fourth-order valence-electron chi connectivity index (χ4n) is 1.92. The maximum Gasteiger partial charge on any atom is 0.220 e. The second-order valence-electron chi connectivity index (χ2n) is 4.67. The SMILES string of the molecule is Cc1nc([C@@H](C)NC(=O)CCc2ccccc2Cl)cs1. The highest BCUT2D eigenvalue weighted by atomic mass is 35.5. The predicted molar refractivity (Wildman–Crippen MR) is 83.2 cm³/mol. The Morgan fingerprint density at radius 1 is 1.45 bits per heavy atom. The number of hydrogen-bond acceptors (Lipinski definition) is 3. The van der Waals surface area contributed by atoms with Crippen molar-refractivity contribution in [3.8, 4) is 0 Å². The van der Waals surface area contributed by atoms with Crippen molar-refractivity contribution in [2.45, 2.75) is 32.7 Å². The van der Waals surface area contributed by atoms with Crippen molar-refractivity contribution in [1.29, 1.82) is 0 Å². The van der Waals surface area contributed by atoms with Crippen molar-refractivity contribution in [3.05, 3.63) is 50.9 Å². The van der Waals surface area contributed by atoms with Gasteiger partial charge in [-0.2, -0.15) is 0 Å². The van der Waals surface area contributed by atoms with Crippen molar-refractivity contribution in [1.82, 2.24) is 10.3 Å². The highest BCUT2D eigenvalue weighted by molar-refractivity contribution is 7.09. The number of benzene rings is 1. The van der Waals surface area contributed by atoms with E-state index in [9.17, 15) is 4.79 Å². The summed E-state index contributed by atoms with van der Waals surface area (Å²) in [5.74, 6) is 0.0167. The lowest BCUT2D eigenvalue weighted by Crippen LogP contribution is -2.27. The molecule has 2 rings (SSSR count). The summed E-state index contributed by atoms with van der Waals surface area (Å²) >= 11 is 7.66. The number of thiazole rings is 1. The second kappa shape index (κ2) is 6.86. The number of hydrogen-bond donors (Lipinski definition) is 1. The van der Waals surface area contributed by atoms with Gasteiger partial charge in [-0.05, 0) is 31.9 Å². The molecule has 0 spiro atoms. The summed E-state index contributed by atoms with van der Waals surface area (Å²) < 4.78 is 0. The summed E-state index contributed by atoms with van der Waals surface area (Å²) in [6.07, 6.45) is 1.07. The lowest BCUT2D eigenvalue weighted by Gasteiger charge is -2.11. The molecule has 0 radical (unpaired) electrons. The van der Waals surface area contributed by atoms with E-state index in [1.807, 2.05) is 43.5 Å². The van der Waals surface area contributed by atoms with E-state index in [1.165, 1.54) is 0 Å². The average molecular weight is 309 g/mol. The van der Waals surface area contributed by atoms with Crippen LogP contribution in [0.5, 0.6) is 0 Å². The van der Waals surface area contributed by atoms with E-state index >= 15 is 0 Å². The van der Waals surface area contributed by atoms with Crippen molar-refractivity contribution >= 4 is 28.8 Å². The van der Waals surface area contributed by atoms with Crippen LogP contribution in [0, 0.1) is 6.92 Å². The number of nitrogens with zero attached hydrogens (tertiary/aromatic N) is 1. The van der Waals surface area contributed by atoms with Gasteiger partial charge in [0.25, 0.3) is 0 Å². The molecule has 1 amide bonds. The summed E-state index contributed by atoms with van der Waals surface area (Å²) in [7, 11) is 0. The van der Waals surface area contributed by atoms with Gasteiger partial charge in [-0.25, -0.2) is 4.98 Å². The summed E-state index contributed by atoms with van der Waals surface area (Å²) in [6.45, 7) is 3.90. The standard InChI is InChI=1S/C15H17ClN2OS/c1-10(14-9-20-11(2)18-14)17-15(19)8-7-12-5-3-4-6-13(12)16/h3-6,9-10H,7-8H2,1-2H3,(H,17,19)/t10-/m1/s1. The highest BCUT2D eigenvalue weighted by Gasteiger charge is 2.12. The minimum absolute atomic E-state index is 0.0167. The molecule has 0 unspecified atom stereocenters. The van der Waals surface area contributed by atoms with E-state index in [-0.39, 0.29) is 11.9 Å². The Balaban J connectivity index is 1.85. The fourth-order valence-corrected chi connectivity index (χ4v) is 2.85. The minimum atomic E-state index is -0.0568. The number of carbonyl (C=O) groups is 1. The summed E-state index contributed by atoms with van der Waals surface area (Å²) in [6, 6.07) is 7.55. The van der Waals surface area contributed by atoms with Gasteiger partial charge in [0.15, 0.2) is 0 Å². The summed E-state index contributed by atoms with van der Waals surface area (Å²) in [5.41, 5.74) is 1.92. The van der Waals surface area contributed by atoms with E-state index in [0.29, 0.717) is 17.9 Å². The van der Waals surface area contributed by atoms with Crippen LogP contribution in [0.15, 0.2) is 29.6 Å². The van der Waals surface area contributed by atoms with Gasteiger partial charge in [-0.15, -0.1) is 11.3 Å². The number of aromatic nitrogens is 1. The molecule has 0 aliphatic carbocycles. The van der Waals surface area contributed by atoms with Gasteiger partial charge in [0, 0.05) is 16.8 Å². The Bertz CT molecular complexity index is 597. The molecule has 20 heavy (non-hydrogen) atoms. The first-order valence-corrected chi connectivity index (χ1v) is 7.77. The third-order valence-electron chi connectivity index (χ3n) is 3.04. The third-order valence-corrected chi connectivity index (χ3v) is 4.20. The van der Waals surface area contributed by atoms with Gasteiger partial charge in [0.1, 0.15) is 0 Å². The zero-order valence-corrected chi connectivity index (χ0v) is 13.1. The fraction of sp³-hybridized carbons (Fsp3) is 0.333. The van der Waals surface area contributed by atoms with E-state index in [2.05, 4.69) is 10.3 Å². The molecule has 5 heteroatoms. The zero-order chi connectivity index (χ0) is 14.5. The Labute approximate surface area is 128 Å². The van der Waals surface area contributed by atoms with E-state index in [0.717, 1.165) is 16.3 Å². The zero-order valence-electron chi connectivity index (χ0n) is 11.5. The number of rotatable bonds is 5. The summed E-state index contributed by atoms with van der Waals surface area (Å²) in [5, 5.41) is 6.66. The molecule has 1 aromatic carbocycles. The maximum atomic E-state index is 11.9. The van der Waals surface area contributed by atoms with E-state index < -0.39 is 0 Å². The van der Waals surface area contributed by atoms with E-state index in [1.54, 1.807) is 11.3 Å². The average Bonchev–Trinajstić information content (AvgIpc) is 2.84. The van der Waals surface area contributed by atoms with Crippen LogP contribution in [0.1, 0.15) is 35.7 Å². The molecule has 0 aliphatic rings. The van der Waals surface area contributed by atoms with Crippen molar-refractivity contribution in [3.63, 3.8) is 0 Å². The molecule has 1 aromatic heterocycles. The molecule has 106 valence electrons. The van der Waals surface area contributed by atoms with Crippen molar-refractivity contribution in [2.24, 2.45) is 0 Å². The molecule has 1 N–H and O–H groups in total. The van der Waals surface area contributed by atoms with Gasteiger partial charge in [-0.3, -0.25) is 4.79 Å². The first kappa shape index (κ1) is 15.0. The number of carbonyl (C=O) groups excluding carboxylic acids is 1. The van der Waals surface area contributed by atoms with E-state index in [4.69, 9.17) is 11.6 Å². The Morgan fingerprint density at radius 2 is 2.20 bits per heavy atom. The first-order chi connectivity index (χ1) is 9.56. The molecule has 0 bridgehead atoms. The lowest BCUT2D eigenvalue weighted by atomic mass is 10.1. The van der Waals surface area contributed by atoms with Gasteiger partial charge < -0.3 is 5.32 Å². The van der Waals surface area contributed by atoms with Crippen LogP contribution in [0.4, 0.5) is 0 Å². The molecular weight excluding hydrogens is 292 g/mol.